The Morgan fingerprint density at radius 1 is 1.57 bits per heavy atom. The van der Waals surface area contributed by atoms with Gasteiger partial charge in [-0.05, 0) is 47.5 Å². The number of hydrogen-bond acceptors (Lipinski definition) is 4. The summed E-state index contributed by atoms with van der Waals surface area (Å²) in [5.74, 6) is 0.731. The molecule has 6 heteroatoms. The number of morpholine rings is 1. The fraction of sp³-hybridized carbons (Fsp3) is 0.533. The van der Waals surface area contributed by atoms with Crippen LogP contribution in [0.5, 0.6) is 5.75 Å². The Morgan fingerprint density at radius 2 is 2.33 bits per heavy atom. The zero-order chi connectivity index (χ0) is 15.4. The molecule has 1 saturated heterocycles. The molecule has 0 aromatic heterocycles. The molecule has 0 saturated carbocycles. The first-order valence-electron chi connectivity index (χ1n) is 7.01. The van der Waals surface area contributed by atoms with Gasteiger partial charge in [0.05, 0.1) is 30.3 Å². The third-order valence-electron chi connectivity index (χ3n) is 3.63. The summed E-state index contributed by atoms with van der Waals surface area (Å²) in [5, 5.41) is 6.21. The average Bonchev–Trinajstić information content (AvgIpc) is 2.47. The number of carbonyl (C=O) groups is 1. The van der Waals surface area contributed by atoms with Crippen LogP contribution in [-0.4, -0.2) is 38.3 Å². The number of amides is 1. The molecule has 0 bridgehead atoms. The summed E-state index contributed by atoms with van der Waals surface area (Å²) in [6, 6.07) is 5.39. The Balaban J connectivity index is 2.01. The van der Waals surface area contributed by atoms with Crippen LogP contribution in [0.4, 0.5) is 0 Å². The van der Waals surface area contributed by atoms with Crippen LogP contribution in [0, 0.1) is 0 Å². The molecule has 3 atom stereocenters. The lowest BCUT2D eigenvalue weighted by Crippen LogP contribution is -2.55. The van der Waals surface area contributed by atoms with Crippen molar-refractivity contribution in [1.82, 2.24) is 10.6 Å². The van der Waals surface area contributed by atoms with E-state index >= 15 is 0 Å². The van der Waals surface area contributed by atoms with Crippen molar-refractivity contribution in [2.75, 3.05) is 20.3 Å². The molecule has 2 N–H and O–H groups in total. The minimum absolute atomic E-state index is 0.0401. The van der Waals surface area contributed by atoms with Gasteiger partial charge in [-0.2, -0.15) is 0 Å². The molecule has 1 aromatic carbocycles. The zero-order valence-electron chi connectivity index (χ0n) is 12.5. The number of benzene rings is 1. The standard InChI is InChI=1S/C15H21BrN2O3/c1-9(11-4-5-13(20-3)12(16)8-11)18-15(19)14-10(2)21-7-6-17-14/h4-5,8-10,14,17H,6-7H2,1-3H3,(H,18,19)/t9?,10-,14+/m1/s1. The number of methoxy groups -OCH3 is 1. The van der Waals surface area contributed by atoms with E-state index in [1.54, 1.807) is 7.11 Å². The Bertz CT molecular complexity index is 510. The maximum atomic E-state index is 12.3. The lowest BCUT2D eigenvalue weighted by Gasteiger charge is -2.30. The first kappa shape index (κ1) is 16.3. The van der Waals surface area contributed by atoms with E-state index in [0.29, 0.717) is 13.2 Å². The smallest absolute Gasteiger partial charge is 0.240 e. The van der Waals surface area contributed by atoms with Crippen molar-refractivity contribution in [1.29, 1.82) is 0 Å². The van der Waals surface area contributed by atoms with Gasteiger partial charge in [-0.3, -0.25) is 4.79 Å². The average molecular weight is 357 g/mol. The molecule has 21 heavy (non-hydrogen) atoms. The molecule has 1 aliphatic heterocycles. The summed E-state index contributed by atoms with van der Waals surface area (Å²) >= 11 is 3.46. The lowest BCUT2D eigenvalue weighted by atomic mass is 10.1. The molecular weight excluding hydrogens is 336 g/mol. The quantitative estimate of drug-likeness (QED) is 0.866. The van der Waals surface area contributed by atoms with E-state index < -0.39 is 0 Å². The number of hydrogen-bond donors (Lipinski definition) is 2. The number of rotatable bonds is 4. The minimum Gasteiger partial charge on any atom is -0.496 e. The molecule has 1 heterocycles. The van der Waals surface area contributed by atoms with Gasteiger partial charge >= 0.3 is 0 Å². The molecular formula is C15H21BrN2O3. The second-order valence-electron chi connectivity index (χ2n) is 5.13. The van der Waals surface area contributed by atoms with Gasteiger partial charge in [0.1, 0.15) is 11.8 Å². The molecule has 0 radical (unpaired) electrons. The highest BCUT2D eigenvalue weighted by atomic mass is 79.9. The van der Waals surface area contributed by atoms with Crippen molar-refractivity contribution in [2.45, 2.75) is 32.0 Å². The monoisotopic (exact) mass is 356 g/mol. The highest BCUT2D eigenvalue weighted by Gasteiger charge is 2.29. The van der Waals surface area contributed by atoms with Gasteiger partial charge < -0.3 is 20.1 Å². The van der Waals surface area contributed by atoms with Gasteiger partial charge in [-0.25, -0.2) is 0 Å². The van der Waals surface area contributed by atoms with Gasteiger partial charge in [0, 0.05) is 6.54 Å². The SMILES string of the molecule is COc1ccc(C(C)NC(=O)[C@H]2NCCO[C@@H]2C)cc1Br. The molecule has 0 aliphatic carbocycles. The maximum absolute atomic E-state index is 12.3. The highest BCUT2D eigenvalue weighted by molar-refractivity contribution is 9.10. The Labute approximate surface area is 133 Å². The second-order valence-corrected chi connectivity index (χ2v) is 5.99. The first-order chi connectivity index (χ1) is 10.0. The summed E-state index contributed by atoms with van der Waals surface area (Å²) in [4.78, 5) is 12.3. The number of nitrogens with one attached hydrogen (secondary N) is 2. The number of carbonyl (C=O) groups excluding carboxylic acids is 1. The summed E-state index contributed by atoms with van der Waals surface area (Å²) in [6.45, 7) is 5.21. The molecule has 5 nitrogen and oxygen atoms in total. The van der Waals surface area contributed by atoms with Crippen LogP contribution in [-0.2, 0) is 9.53 Å². The molecule has 2 rings (SSSR count). The van der Waals surface area contributed by atoms with Gasteiger partial charge in [0.25, 0.3) is 0 Å². The molecule has 116 valence electrons. The lowest BCUT2D eigenvalue weighted by molar-refractivity contribution is -0.129. The third kappa shape index (κ3) is 3.96. The van der Waals surface area contributed by atoms with Crippen LogP contribution in [0.25, 0.3) is 0 Å². The van der Waals surface area contributed by atoms with Crippen LogP contribution in [0.3, 0.4) is 0 Å². The van der Waals surface area contributed by atoms with Gasteiger partial charge in [-0.1, -0.05) is 6.07 Å². The van der Waals surface area contributed by atoms with Gasteiger partial charge in [0.15, 0.2) is 0 Å². The van der Waals surface area contributed by atoms with Crippen molar-refractivity contribution in [2.24, 2.45) is 0 Å². The van der Waals surface area contributed by atoms with Crippen LogP contribution in [0.2, 0.25) is 0 Å². The van der Waals surface area contributed by atoms with Crippen molar-refractivity contribution in [3.63, 3.8) is 0 Å². The second kappa shape index (κ2) is 7.24. The van der Waals surface area contributed by atoms with E-state index in [9.17, 15) is 4.79 Å². The van der Waals surface area contributed by atoms with Crippen LogP contribution >= 0.6 is 15.9 Å². The molecule has 1 amide bonds. The molecule has 1 aliphatic rings. The summed E-state index contributed by atoms with van der Waals surface area (Å²) < 4.78 is 11.6. The van der Waals surface area contributed by atoms with E-state index in [4.69, 9.17) is 9.47 Å². The normalized spacial score (nSPS) is 23.4. The van der Waals surface area contributed by atoms with Crippen LogP contribution in [0.15, 0.2) is 22.7 Å². The van der Waals surface area contributed by atoms with Crippen molar-refractivity contribution in [3.05, 3.63) is 28.2 Å². The Morgan fingerprint density at radius 3 is 2.95 bits per heavy atom. The predicted molar refractivity (Wildman–Crippen MR) is 84.5 cm³/mol. The fourth-order valence-corrected chi connectivity index (χ4v) is 2.92. The Kier molecular flexibility index (Phi) is 5.61. The molecule has 1 fully saturated rings. The van der Waals surface area contributed by atoms with Crippen molar-refractivity contribution >= 4 is 21.8 Å². The van der Waals surface area contributed by atoms with Gasteiger partial charge in [-0.15, -0.1) is 0 Å². The van der Waals surface area contributed by atoms with E-state index in [1.165, 1.54) is 0 Å². The van der Waals surface area contributed by atoms with Crippen LogP contribution in [0.1, 0.15) is 25.5 Å². The van der Waals surface area contributed by atoms with Crippen LogP contribution < -0.4 is 15.4 Å². The largest absolute Gasteiger partial charge is 0.496 e. The summed E-state index contributed by atoms with van der Waals surface area (Å²) in [5.41, 5.74) is 1.01. The van der Waals surface area contributed by atoms with E-state index in [0.717, 1.165) is 15.8 Å². The van der Waals surface area contributed by atoms with Crippen molar-refractivity contribution < 1.29 is 14.3 Å². The van der Waals surface area contributed by atoms with Gasteiger partial charge in [0.2, 0.25) is 5.91 Å². The predicted octanol–water partition coefficient (Wildman–Crippen LogP) is 2.01. The highest BCUT2D eigenvalue weighted by Crippen LogP contribution is 2.28. The fourth-order valence-electron chi connectivity index (χ4n) is 2.37. The molecule has 0 spiro atoms. The minimum atomic E-state index is -0.303. The van der Waals surface area contributed by atoms with E-state index in [-0.39, 0.29) is 24.1 Å². The van der Waals surface area contributed by atoms with E-state index in [1.807, 2.05) is 32.0 Å². The van der Waals surface area contributed by atoms with E-state index in [2.05, 4.69) is 26.6 Å². The summed E-state index contributed by atoms with van der Waals surface area (Å²) in [6.07, 6.45) is -0.117. The first-order valence-corrected chi connectivity index (χ1v) is 7.81. The topological polar surface area (TPSA) is 59.6 Å². The zero-order valence-corrected chi connectivity index (χ0v) is 14.1. The maximum Gasteiger partial charge on any atom is 0.240 e. The molecule has 1 aromatic rings. The molecule has 1 unspecified atom stereocenters. The Hall–Kier alpha value is -1.11. The van der Waals surface area contributed by atoms with Crippen molar-refractivity contribution in [3.8, 4) is 5.75 Å². The number of ether oxygens (including phenoxy) is 2. The number of halogens is 1. The summed E-state index contributed by atoms with van der Waals surface area (Å²) in [7, 11) is 1.63. The third-order valence-corrected chi connectivity index (χ3v) is 4.25.